The topological polar surface area (TPSA) is 63.0 Å². The summed E-state index contributed by atoms with van der Waals surface area (Å²) >= 11 is 5.66. The lowest BCUT2D eigenvalue weighted by Gasteiger charge is -2.03. The summed E-state index contributed by atoms with van der Waals surface area (Å²) in [5, 5.41) is 7.95. The van der Waals surface area contributed by atoms with E-state index < -0.39 is 5.97 Å². The Labute approximate surface area is 92.7 Å². The van der Waals surface area contributed by atoms with E-state index >= 15 is 0 Å². The van der Waals surface area contributed by atoms with Crippen LogP contribution in [0.3, 0.4) is 0 Å². The van der Waals surface area contributed by atoms with Crippen molar-refractivity contribution < 1.29 is 9.53 Å². The zero-order valence-electron chi connectivity index (χ0n) is 8.29. The van der Waals surface area contributed by atoms with Crippen molar-refractivity contribution in [1.29, 1.82) is 5.41 Å². The van der Waals surface area contributed by atoms with Gasteiger partial charge in [-0.3, -0.25) is 4.79 Å². The predicted molar refractivity (Wildman–Crippen MR) is 57.3 cm³/mol. The molecule has 1 aromatic rings. The van der Waals surface area contributed by atoms with Gasteiger partial charge in [-0.05, 0) is 19.1 Å². The largest absolute Gasteiger partial charge is 0.466 e. The first-order valence-electron chi connectivity index (χ1n) is 4.48. The molecular formula is C10H11ClN2O2. The van der Waals surface area contributed by atoms with E-state index in [4.69, 9.17) is 21.7 Å². The van der Waals surface area contributed by atoms with Crippen LogP contribution in [0, 0.1) is 5.41 Å². The number of rotatable bonds is 4. The van der Waals surface area contributed by atoms with Crippen LogP contribution < -0.4 is 0 Å². The Bertz CT molecular complexity index is 379. The molecule has 5 heteroatoms. The van der Waals surface area contributed by atoms with Crippen molar-refractivity contribution in [3.63, 3.8) is 0 Å². The first kappa shape index (κ1) is 11.7. The van der Waals surface area contributed by atoms with E-state index in [0.29, 0.717) is 17.3 Å². The number of hydrogen-bond acceptors (Lipinski definition) is 4. The molecule has 1 rings (SSSR count). The molecule has 0 aliphatic rings. The van der Waals surface area contributed by atoms with Crippen LogP contribution in [-0.4, -0.2) is 23.3 Å². The van der Waals surface area contributed by atoms with Gasteiger partial charge in [0.25, 0.3) is 0 Å². The number of pyridine rings is 1. The number of carbonyl (C=O) groups excluding carboxylic acids is 1. The molecule has 1 aromatic heterocycles. The smallest absolute Gasteiger partial charge is 0.311 e. The van der Waals surface area contributed by atoms with E-state index in [0.717, 1.165) is 0 Å². The Kier molecular flexibility index (Phi) is 4.24. The summed E-state index contributed by atoms with van der Waals surface area (Å²) in [6.45, 7) is 2.05. The Morgan fingerprint density at radius 1 is 1.67 bits per heavy atom. The van der Waals surface area contributed by atoms with Crippen LogP contribution in [0.4, 0.5) is 0 Å². The third-order valence-electron chi connectivity index (χ3n) is 1.70. The van der Waals surface area contributed by atoms with Crippen molar-refractivity contribution in [3.8, 4) is 0 Å². The minimum absolute atomic E-state index is 0.0474. The fraction of sp³-hybridized carbons (Fsp3) is 0.300. The highest BCUT2D eigenvalue weighted by atomic mass is 35.5. The Morgan fingerprint density at radius 3 is 3.00 bits per heavy atom. The minimum Gasteiger partial charge on any atom is -0.466 e. The number of halogens is 1. The summed E-state index contributed by atoms with van der Waals surface area (Å²) in [5.74, 6) is -0.407. The normalized spacial score (nSPS) is 9.73. The molecule has 0 atom stereocenters. The quantitative estimate of drug-likeness (QED) is 0.486. The molecule has 0 spiro atoms. The standard InChI is InChI=1S/C10H11ClN2O2/c1-2-15-10(14)6-8(12)7-3-4-13-9(11)5-7/h3-5,12H,2,6H2,1H3. The molecule has 1 N–H and O–H groups in total. The van der Waals surface area contributed by atoms with E-state index in [1.54, 1.807) is 19.1 Å². The molecule has 0 saturated carbocycles. The van der Waals surface area contributed by atoms with Crippen molar-refractivity contribution in [2.45, 2.75) is 13.3 Å². The maximum atomic E-state index is 11.1. The molecule has 1 heterocycles. The second kappa shape index (κ2) is 5.46. The van der Waals surface area contributed by atoms with Gasteiger partial charge in [-0.1, -0.05) is 11.6 Å². The third-order valence-corrected chi connectivity index (χ3v) is 1.91. The zero-order valence-corrected chi connectivity index (χ0v) is 9.04. The van der Waals surface area contributed by atoms with Crippen LogP contribution in [0.1, 0.15) is 18.9 Å². The molecule has 4 nitrogen and oxygen atoms in total. The molecule has 0 aliphatic carbocycles. The van der Waals surface area contributed by atoms with Gasteiger partial charge in [-0.15, -0.1) is 0 Å². The Morgan fingerprint density at radius 2 is 2.40 bits per heavy atom. The van der Waals surface area contributed by atoms with Gasteiger partial charge in [-0.25, -0.2) is 4.98 Å². The van der Waals surface area contributed by atoms with Crippen LogP contribution in [0.25, 0.3) is 0 Å². The Balaban J connectivity index is 2.65. The average Bonchev–Trinajstić information content (AvgIpc) is 2.18. The SMILES string of the molecule is CCOC(=O)CC(=N)c1ccnc(Cl)c1. The number of ether oxygens (including phenoxy) is 1. The lowest BCUT2D eigenvalue weighted by Crippen LogP contribution is -2.11. The van der Waals surface area contributed by atoms with Gasteiger partial charge in [0.05, 0.1) is 13.0 Å². The van der Waals surface area contributed by atoms with Gasteiger partial charge in [0.1, 0.15) is 5.15 Å². The highest BCUT2D eigenvalue weighted by molar-refractivity contribution is 6.29. The number of nitrogens with one attached hydrogen (secondary N) is 1. The molecule has 0 bridgehead atoms. The summed E-state index contributed by atoms with van der Waals surface area (Å²) < 4.78 is 4.74. The highest BCUT2D eigenvalue weighted by Crippen LogP contribution is 2.09. The fourth-order valence-electron chi connectivity index (χ4n) is 1.05. The number of nitrogens with zero attached hydrogens (tertiary/aromatic N) is 1. The fourth-order valence-corrected chi connectivity index (χ4v) is 1.22. The first-order valence-corrected chi connectivity index (χ1v) is 4.86. The van der Waals surface area contributed by atoms with Gasteiger partial charge in [-0.2, -0.15) is 0 Å². The van der Waals surface area contributed by atoms with Crippen LogP contribution in [0.2, 0.25) is 5.15 Å². The van der Waals surface area contributed by atoms with Gasteiger partial charge in [0.2, 0.25) is 0 Å². The summed E-state index contributed by atoms with van der Waals surface area (Å²) in [6, 6.07) is 3.18. The van der Waals surface area contributed by atoms with E-state index in [-0.39, 0.29) is 12.1 Å². The van der Waals surface area contributed by atoms with E-state index in [1.165, 1.54) is 6.20 Å². The van der Waals surface area contributed by atoms with E-state index in [9.17, 15) is 4.79 Å². The summed E-state index contributed by atoms with van der Waals surface area (Å²) in [4.78, 5) is 14.9. The van der Waals surface area contributed by atoms with Crippen molar-refractivity contribution in [2.24, 2.45) is 0 Å². The average molecular weight is 227 g/mol. The summed E-state index contributed by atoms with van der Waals surface area (Å²) in [5.41, 5.74) is 0.765. The molecule has 0 unspecified atom stereocenters. The Hall–Kier alpha value is -1.42. The molecule has 15 heavy (non-hydrogen) atoms. The molecule has 0 aromatic carbocycles. The van der Waals surface area contributed by atoms with Crippen molar-refractivity contribution in [3.05, 3.63) is 29.0 Å². The molecular weight excluding hydrogens is 216 g/mol. The highest BCUT2D eigenvalue weighted by Gasteiger charge is 2.09. The van der Waals surface area contributed by atoms with Gasteiger partial charge in [0.15, 0.2) is 0 Å². The molecule has 0 fully saturated rings. The van der Waals surface area contributed by atoms with Crippen molar-refractivity contribution >= 4 is 23.3 Å². The first-order chi connectivity index (χ1) is 7.13. The maximum Gasteiger partial charge on any atom is 0.311 e. The molecule has 0 radical (unpaired) electrons. The van der Waals surface area contributed by atoms with Gasteiger partial charge >= 0.3 is 5.97 Å². The number of esters is 1. The predicted octanol–water partition coefficient (Wildman–Crippen LogP) is 2.06. The van der Waals surface area contributed by atoms with Crippen molar-refractivity contribution in [2.75, 3.05) is 6.61 Å². The number of hydrogen-bond donors (Lipinski definition) is 1. The van der Waals surface area contributed by atoms with Crippen molar-refractivity contribution in [1.82, 2.24) is 4.98 Å². The third kappa shape index (κ3) is 3.67. The molecule has 80 valence electrons. The summed E-state index contributed by atoms with van der Waals surface area (Å²) in [6.07, 6.45) is 1.45. The lowest BCUT2D eigenvalue weighted by atomic mass is 10.1. The van der Waals surface area contributed by atoms with E-state index in [1.807, 2.05) is 0 Å². The van der Waals surface area contributed by atoms with Crippen LogP contribution >= 0.6 is 11.6 Å². The van der Waals surface area contributed by atoms with Crippen LogP contribution in [-0.2, 0) is 9.53 Å². The van der Waals surface area contributed by atoms with Crippen LogP contribution in [0.5, 0.6) is 0 Å². The maximum absolute atomic E-state index is 11.1. The second-order valence-electron chi connectivity index (χ2n) is 2.83. The lowest BCUT2D eigenvalue weighted by molar-refractivity contribution is -0.141. The van der Waals surface area contributed by atoms with Crippen LogP contribution in [0.15, 0.2) is 18.3 Å². The van der Waals surface area contributed by atoms with Gasteiger partial charge in [0, 0.05) is 17.5 Å². The zero-order chi connectivity index (χ0) is 11.3. The minimum atomic E-state index is -0.407. The molecule has 0 amide bonds. The monoisotopic (exact) mass is 226 g/mol. The molecule has 0 saturated heterocycles. The number of carbonyl (C=O) groups is 1. The second-order valence-corrected chi connectivity index (χ2v) is 3.21. The van der Waals surface area contributed by atoms with E-state index in [2.05, 4.69) is 4.98 Å². The summed E-state index contributed by atoms with van der Waals surface area (Å²) in [7, 11) is 0. The number of aromatic nitrogens is 1. The van der Waals surface area contributed by atoms with Gasteiger partial charge < -0.3 is 10.1 Å². The molecule has 0 aliphatic heterocycles.